The highest BCUT2D eigenvalue weighted by Gasteiger charge is 2.27. The maximum absolute atomic E-state index is 4.66. The van der Waals surface area contributed by atoms with Crippen LogP contribution in [0.4, 0.5) is 5.69 Å². The summed E-state index contributed by atoms with van der Waals surface area (Å²) in [5, 5.41) is 6.58. The van der Waals surface area contributed by atoms with Gasteiger partial charge in [0.1, 0.15) is 11.4 Å². The van der Waals surface area contributed by atoms with Gasteiger partial charge in [-0.25, -0.2) is 4.98 Å². The van der Waals surface area contributed by atoms with E-state index in [1.807, 2.05) is 0 Å². The number of aromatic nitrogens is 2. The first-order valence-corrected chi connectivity index (χ1v) is 9.51. The maximum Gasteiger partial charge on any atom is 0.318 e. The summed E-state index contributed by atoms with van der Waals surface area (Å²) in [4.78, 5) is 4.61. The largest absolute Gasteiger partial charge is 1.00 e. The Balaban J connectivity index is 0.00000196. The lowest BCUT2D eigenvalue weighted by Crippen LogP contribution is -3.00. The molecule has 1 aliphatic heterocycles. The molecule has 0 bridgehead atoms. The van der Waals surface area contributed by atoms with E-state index in [1.54, 1.807) is 11.8 Å². The number of hydrogen-bond donors (Lipinski definition) is 3. The van der Waals surface area contributed by atoms with Gasteiger partial charge in [0.2, 0.25) is 0 Å². The van der Waals surface area contributed by atoms with E-state index in [9.17, 15) is 0 Å². The first-order valence-electron chi connectivity index (χ1n) is 8.18. The first-order chi connectivity index (χ1) is 12.0. The van der Waals surface area contributed by atoms with Crippen molar-refractivity contribution in [1.82, 2.24) is 4.98 Å². The standard InChI is InChI=1S/C20H19N3S2.BrH/c1-12-4-7-15(8-5-12)23-19(14(3)21-20(23)24)17-11-25-18-10-13(2)6-9-16(18)22-17;/h4-11,22H,1-3H3,(H,21,24);1H. The number of thioether (sulfide) groups is 1. The number of aromatic amines is 1. The van der Waals surface area contributed by atoms with E-state index in [0.717, 1.165) is 33.6 Å². The van der Waals surface area contributed by atoms with Gasteiger partial charge in [0.15, 0.2) is 5.69 Å². The number of anilines is 1. The summed E-state index contributed by atoms with van der Waals surface area (Å²) in [5.74, 6) is 0. The minimum absolute atomic E-state index is 0. The number of thiol groups is 1. The third kappa shape index (κ3) is 3.46. The Kier molecular flexibility index (Phi) is 5.55. The Morgan fingerprint density at radius 3 is 2.38 bits per heavy atom. The number of aryl methyl sites for hydroxylation is 3. The Hall–Kier alpha value is -1.63. The van der Waals surface area contributed by atoms with Gasteiger partial charge in [0.05, 0.1) is 11.4 Å². The smallest absolute Gasteiger partial charge is 0.318 e. The van der Waals surface area contributed by atoms with Crippen LogP contribution in [0.25, 0.3) is 11.4 Å². The molecule has 2 heterocycles. The van der Waals surface area contributed by atoms with Crippen LogP contribution in [0.3, 0.4) is 0 Å². The van der Waals surface area contributed by atoms with Crippen molar-refractivity contribution >= 4 is 35.8 Å². The molecule has 0 spiro atoms. The van der Waals surface area contributed by atoms with Gasteiger partial charge in [-0.15, -0.1) is 0 Å². The Morgan fingerprint density at radius 1 is 0.962 bits per heavy atom. The molecule has 0 atom stereocenters. The van der Waals surface area contributed by atoms with Gasteiger partial charge >= 0.3 is 5.16 Å². The fourth-order valence-electron chi connectivity index (χ4n) is 3.07. The van der Waals surface area contributed by atoms with E-state index < -0.39 is 0 Å². The lowest BCUT2D eigenvalue weighted by Gasteiger charge is -2.18. The third-order valence-electron chi connectivity index (χ3n) is 4.35. The molecular formula is C20H20BrN3S2. The van der Waals surface area contributed by atoms with Gasteiger partial charge in [-0.2, -0.15) is 4.57 Å². The molecule has 1 aliphatic rings. The number of nitrogens with one attached hydrogen (secondary N) is 2. The Morgan fingerprint density at radius 2 is 1.65 bits per heavy atom. The van der Waals surface area contributed by atoms with E-state index in [0.29, 0.717) is 0 Å². The second-order valence-corrected chi connectivity index (χ2v) is 7.70. The second-order valence-electron chi connectivity index (χ2n) is 6.37. The van der Waals surface area contributed by atoms with Crippen molar-refractivity contribution < 1.29 is 21.5 Å². The van der Waals surface area contributed by atoms with E-state index in [4.69, 9.17) is 0 Å². The van der Waals surface area contributed by atoms with Gasteiger partial charge in [-0.05, 0) is 43.7 Å². The topological polar surface area (TPSA) is 31.7 Å². The molecule has 0 unspecified atom stereocenters. The van der Waals surface area contributed by atoms with Crippen molar-refractivity contribution in [2.24, 2.45) is 0 Å². The Labute approximate surface area is 174 Å². The maximum atomic E-state index is 4.66. The molecule has 2 aromatic carbocycles. The molecular weight excluding hydrogens is 426 g/mol. The highest BCUT2D eigenvalue weighted by atomic mass is 79.9. The van der Waals surface area contributed by atoms with Crippen LogP contribution in [0.2, 0.25) is 0 Å². The van der Waals surface area contributed by atoms with E-state index >= 15 is 0 Å². The monoisotopic (exact) mass is 445 g/mol. The van der Waals surface area contributed by atoms with Crippen molar-refractivity contribution in [2.75, 3.05) is 5.32 Å². The fraction of sp³-hybridized carbons (Fsp3) is 0.150. The van der Waals surface area contributed by atoms with Crippen LogP contribution < -0.4 is 26.9 Å². The van der Waals surface area contributed by atoms with Crippen LogP contribution in [0.15, 0.2) is 57.9 Å². The van der Waals surface area contributed by atoms with Crippen molar-refractivity contribution in [3.63, 3.8) is 0 Å². The number of benzene rings is 2. The molecule has 0 saturated heterocycles. The molecule has 3 nitrogen and oxygen atoms in total. The Bertz CT molecular complexity index is 991. The molecule has 2 N–H and O–H groups in total. The van der Waals surface area contributed by atoms with Gasteiger partial charge in [0, 0.05) is 17.2 Å². The normalized spacial score (nSPS) is 12.7. The van der Waals surface area contributed by atoms with Crippen LogP contribution in [0, 0.1) is 20.8 Å². The number of nitrogens with zero attached hydrogens (tertiary/aromatic N) is 1. The van der Waals surface area contributed by atoms with Crippen molar-refractivity contribution in [2.45, 2.75) is 30.8 Å². The summed E-state index contributed by atoms with van der Waals surface area (Å²) in [6.07, 6.45) is 0. The molecule has 0 fully saturated rings. The van der Waals surface area contributed by atoms with Crippen LogP contribution in [0.1, 0.15) is 22.5 Å². The molecule has 0 amide bonds. The van der Waals surface area contributed by atoms with Gasteiger partial charge in [0.25, 0.3) is 0 Å². The number of hydrogen-bond acceptors (Lipinski definition) is 3. The summed E-state index contributed by atoms with van der Waals surface area (Å²) in [6, 6.07) is 15.0. The van der Waals surface area contributed by atoms with Gasteiger partial charge < -0.3 is 22.3 Å². The third-order valence-corrected chi connectivity index (χ3v) is 5.60. The number of H-pyrrole nitrogens is 1. The molecule has 0 saturated carbocycles. The summed E-state index contributed by atoms with van der Waals surface area (Å²) >= 11 is 6.41. The average Bonchev–Trinajstić information content (AvgIpc) is 2.89. The quantitative estimate of drug-likeness (QED) is 0.416. The first kappa shape index (κ1) is 19.1. The minimum atomic E-state index is 0. The number of imidazole rings is 1. The van der Waals surface area contributed by atoms with Crippen molar-refractivity contribution in [3.05, 3.63) is 70.4 Å². The molecule has 0 aliphatic carbocycles. The van der Waals surface area contributed by atoms with E-state index in [1.165, 1.54) is 16.0 Å². The second kappa shape index (κ2) is 7.55. The fourth-order valence-corrected chi connectivity index (χ4v) is 4.36. The van der Waals surface area contributed by atoms with E-state index in [2.05, 4.69) is 96.1 Å². The lowest BCUT2D eigenvalue weighted by atomic mass is 10.2. The molecule has 6 heteroatoms. The average molecular weight is 446 g/mol. The number of fused-ring (bicyclic) bond motifs is 1. The minimum Gasteiger partial charge on any atom is -1.00 e. The van der Waals surface area contributed by atoms with E-state index in [-0.39, 0.29) is 17.0 Å². The van der Waals surface area contributed by atoms with Gasteiger partial charge in [-0.1, -0.05) is 48.2 Å². The molecule has 1 aromatic heterocycles. The van der Waals surface area contributed by atoms with Crippen LogP contribution in [-0.4, -0.2) is 4.98 Å². The predicted molar refractivity (Wildman–Crippen MR) is 108 cm³/mol. The molecule has 26 heavy (non-hydrogen) atoms. The summed E-state index contributed by atoms with van der Waals surface area (Å²) in [6.45, 7) is 6.30. The molecule has 3 aromatic rings. The zero-order valence-corrected chi connectivity index (χ0v) is 18.1. The predicted octanol–water partition coefficient (Wildman–Crippen LogP) is 2.03. The summed E-state index contributed by atoms with van der Waals surface area (Å²) in [7, 11) is 0. The van der Waals surface area contributed by atoms with Crippen LogP contribution in [0.5, 0.6) is 0 Å². The highest BCUT2D eigenvalue weighted by molar-refractivity contribution is 8.02. The van der Waals surface area contributed by atoms with Crippen LogP contribution >= 0.6 is 24.4 Å². The molecule has 4 rings (SSSR count). The molecule has 0 radical (unpaired) electrons. The highest BCUT2D eigenvalue weighted by Crippen LogP contribution is 2.38. The molecule has 134 valence electrons. The van der Waals surface area contributed by atoms with Gasteiger partial charge in [-0.3, -0.25) is 0 Å². The number of halogens is 1. The summed E-state index contributed by atoms with van der Waals surface area (Å²) < 4.78 is 2.15. The SMILES string of the molecule is Cc1ccc(-[n+]2c(S)[nH]c(C)c2C2=CSc3cc(C)ccc3N2)cc1.[Br-]. The van der Waals surface area contributed by atoms with Crippen molar-refractivity contribution in [3.8, 4) is 5.69 Å². The van der Waals surface area contributed by atoms with Crippen LogP contribution in [-0.2, 0) is 0 Å². The summed E-state index contributed by atoms with van der Waals surface area (Å²) in [5.41, 5.74) is 8.02. The zero-order valence-electron chi connectivity index (χ0n) is 14.8. The lowest BCUT2D eigenvalue weighted by molar-refractivity contribution is -0.637. The zero-order chi connectivity index (χ0) is 17.6. The number of rotatable bonds is 2. The van der Waals surface area contributed by atoms with Crippen molar-refractivity contribution in [1.29, 1.82) is 0 Å².